The van der Waals surface area contributed by atoms with E-state index in [4.69, 9.17) is 5.11 Å². The largest absolute Gasteiger partial charge is 1.00 e. The van der Waals surface area contributed by atoms with Crippen molar-refractivity contribution < 1.29 is 87.9 Å². The van der Waals surface area contributed by atoms with Gasteiger partial charge in [-0.15, -0.1) is 0 Å². The van der Waals surface area contributed by atoms with Crippen LogP contribution in [-0.4, -0.2) is 33.7 Å². The first-order valence-electron chi connectivity index (χ1n) is 4.67. The smallest absolute Gasteiger partial charge is 0.790 e. The standard InChI is InChI=1S/C7H10N3O8P.2Na/c11-2-4(18-19(15,16)17)6(13)9-3-1-8-7(14)10-5(3)12;;/h1,4,11H,2H2,(H,9,13)(H2,15,16,17)(H2,8,10,12,14);;/q;2*+1/p-2. The summed E-state index contributed by atoms with van der Waals surface area (Å²) in [6.45, 7) is -1.10. The molecule has 0 aliphatic rings. The summed E-state index contributed by atoms with van der Waals surface area (Å²) in [6.07, 6.45) is -1.14. The second-order valence-electron chi connectivity index (χ2n) is 3.20. The summed E-state index contributed by atoms with van der Waals surface area (Å²) in [5.41, 5.74) is -2.19. The molecule has 1 aromatic rings. The zero-order valence-electron chi connectivity index (χ0n) is 11.1. The number of anilines is 1. The first-order valence-corrected chi connectivity index (χ1v) is 6.13. The Hall–Kier alpha value is 0.220. The molecule has 0 spiro atoms. The van der Waals surface area contributed by atoms with Crippen LogP contribution >= 0.6 is 7.82 Å². The maximum absolute atomic E-state index is 11.4. The topological polar surface area (TPSA) is 187 Å². The molecule has 21 heavy (non-hydrogen) atoms. The van der Waals surface area contributed by atoms with E-state index in [0.29, 0.717) is 0 Å². The van der Waals surface area contributed by atoms with Gasteiger partial charge in [0.15, 0.2) is 6.10 Å². The SMILES string of the molecule is O=C(Nc1c[nH]c(=O)[nH]c1=O)C(CO)OP(=O)([O-])[O-].[Na+].[Na+]. The van der Waals surface area contributed by atoms with E-state index in [0.717, 1.165) is 6.20 Å². The summed E-state index contributed by atoms with van der Waals surface area (Å²) in [5, 5.41) is 10.6. The van der Waals surface area contributed by atoms with Crippen molar-refractivity contribution >= 4 is 19.4 Å². The molecule has 0 radical (unpaired) electrons. The predicted octanol–water partition coefficient (Wildman–Crippen LogP) is -9.78. The molecular weight excluding hydrogens is 331 g/mol. The van der Waals surface area contributed by atoms with Crippen LogP contribution in [0.25, 0.3) is 0 Å². The van der Waals surface area contributed by atoms with Crippen molar-refractivity contribution in [1.82, 2.24) is 9.97 Å². The Morgan fingerprint density at radius 3 is 2.43 bits per heavy atom. The van der Waals surface area contributed by atoms with Gasteiger partial charge in [-0.1, -0.05) is 0 Å². The van der Waals surface area contributed by atoms with Crippen LogP contribution in [-0.2, 0) is 13.9 Å². The number of nitrogens with one attached hydrogen (secondary N) is 3. The Morgan fingerprint density at radius 2 is 2.00 bits per heavy atom. The van der Waals surface area contributed by atoms with Crippen LogP contribution < -0.4 is 85.5 Å². The Morgan fingerprint density at radius 1 is 1.43 bits per heavy atom. The maximum atomic E-state index is 11.4. The van der Waals surface area contributed by atoms with E-state index in [9.17, 15) is 28.7 Å². The number of hydrogen-bond donors (Lipinski definition) is 4. The predicted molar refractivity (Wildman–Crippen MR) is 55.9 cm³/mol. The zero-order chi connectivity index (χ0) is 14.6. The van der Waals surface area contributed by atoms with Gasteiger partial charge < -0.3 is 34.3 Å². The van der Waals surface area contributed by atoms with E-state index < -0.39 is 43.4 Å². The van der Waals surface area contributed by atoms with E-state index in [1.807, 2.05) is 10.3 Å². The van der Waals surface area contributed by atoms with Crippen LogP contribution in [0.1, 0.15) is 0 Å². The Labute approximate surface area is 161 Å². The summed E-state index contributed by atoms with van der Waals surface area (Å²) >= 11 is 0. The molecule has 1 unspecified atom stereocenters. The summed E-state index contributed by atoms with van der Waals surface area (Å²) in [7, 11) is -5.48. The molecule has 0 saturated carbocycles. The Kier molecular flexibility index (Phi) is 11.3. The van der Waals surface area contributed by atoms with Crippen molar-refractivity contribution in [3.63, 3.8) is 0 Å². The van der Waals surface area contributed by atoms with Gasteiger partial charge in [-0.05, 0) is 0 Å². The minimum atomic E-state index is -5.48. The van der Waals surface area contributed by atoms with Gasteiger partial charge in [-0.2, -0.15) is 0 Å². The third kappa shape index (κ3) is 8.43. The van der Waals surface area contributed by atoms with Crippen molar-refractivity contribution in [1.29, 1.82) is 0 Å². The minimum absolute atomic E-state index is 0. The molecule has 1 heterocycles. The molecule has 0 aromatic carbocycles. The summed E-state index contributed by atoms with van der Waals surface area (Å²) < 4.78 is 14.1. The Bertz CT molecular complexity index is 625. The normalized spacial score (nSPS) is 11.8. The van der Waals surface area contributed by atoms with Gasteiger partial charge >= 0.3 is 64.8 Å². The minimum Gasteiger partial charge on any atom is -0.790 e. The molecule has 1 rings (SSSR count). The van der Waals surface area contributed by atoms with Crippen LogP contribution in [0.5, 0.6) is 0 Å². The number of carbonyl (C=O) groups excluding carboxylic acids is 1. The Balaban J connectivity index is 0. The van der Waals surface area contributed by atoms with Crippen molar-refractivity contribution in [3.8, 4) is 0 Å². The molecule has 0 saturated heterocycles. The third-order valence-corrected chi connectivity index (χ3v) is 2.30. The monoisotopic (exact) mass is 339 g/mol. The number of carbonyl (C=O) groups is 1. The summed E-state index contributed by atoms with van der Waals surface area (Å²) in [5.74, 6) is -1.24. The molecule has 1 atom stereocenters. The van der Waals surface area contributed by atoms with Gasteiger partial charge in [0.2, 0.25) is 0 Å². The number of H-pyrrole nitrogens is 2. The van der Waals surface area contributed by atoms with Crippen LogP contribution in [0.3, 0.4) is 0 Å². The van der Waals surface area contributed by atoms with Gasteiger partial charge in [0.05, 0.1) is 14.4 Å². The van der Waals surface area contributed by atoms with E-state index in [1.54, 1.807) is 4.98 Å². The number of phosphoric acid groups is 1. The number of amides is 1. The molecule has 0 aliphatic carbocycles. The third-order valence-electron chi connectivity index (χ3n) is 1.79. The summed E-state index contributed by atoms with van der Waals surface area (Å²) in [4.78, 5) is 57.8. The number of aliphatic hydroxyl groups is 1. The molecule has 11 nitrogen and oxygen atoms in total. The molecule has 1 aromatic heterocycles. The van der Waals surface area contributed by atoms with Crippen molar-refractivity contribution in [2.45, 2.75) is 6.10 Å². The van der Waals surface area contributed by atoms with Gasteiger partial charge in [0.1, 0.15) is 5.69 Å². The van der Waals surface area contributed by atoms with Crippen LogP contribution in [0.4, 0.5) is 5.69 Å². The fourth-order valence-corrected chi connectivity index (χ4v) is 1.51. The van der Waals surface area contributed by atoms with Gasteiger partial charge in [0.25, 0.3) is 11.5 Å². The number of hydrogen-bond acceptors (Lipinski definition) is 8. The quantitative estimate of drug-likeness (QED) is 0.300. The second-order valence-corrected chi connectivity index (χ2v) is 4.30. The second kappa shape index (κ2) is 10.1. The number of aliphatic hydroxyl groups excluding tert-OH is 1. The van der Waals surface area contributed by atoms with E-state index in [1.165, 1.54) is 0 Å². The fraction of sp³-hybridized carbons (Fsp3) is 0.286. The van der Waals surface area contributed by atoms with Crippen molar-refractivity contribution in [2.24, 2.45) is 0 Å². The van der Waals surface area contributed by atoms with E-state index in [2.05, 4.69) is 4.52 Å². The van der Waals surface area contributed by atoms with E-state index in [-0.39, 0.29) is 59.1 Å². The molecule has 4 N–H and O–H groups in total. The fourth-order valence-electron chi connectivity index (χ4n) is 1.04. The average molecular weight is 339 g/mol. The number of aromatic amines is 2. The van der Waals surface area contributed by atoms with Crippen LogP contribution in [0.15, 0.2) is 15.8 Å². The van der Waals surface area contributed by atoms with Gasteiger partial charge in [-0.3, -0.25) is 14.6 Å². The molecule has 0 fully saturated rings. The van der Waals surface area contributed by atoms with Crippen LogP contribution in [0.2, 0.25) is 0 Å². The molecule has 106 valence electrons. The van der Waals surface area contributed by atoms with E-state index >= 15 is 0 Å². The number of aromatic nitrogens is 2. The number of phosphoric ester groups is 1. The van der Waals surface area contributed by atoms with Gasteiger partial charge in [-0.25, -0.2) is 4.79 Å². The van der Waals surface area contributed by atoms with Crippen molar-refractivity contribution in [3.05, 3.63) is 27.0 Å². The zero-order valence-corrected chi connectivity index (χ0v) is 16.0. The average Bonchev–Trinajstić information content (AvgIpc) is 2.28. The molecular formula is C7H8N3Na2O8P. The first-order chi connectivity index (χ1) is 8.73. The van der Waals surface area contributed by atoms with Crippen molar-refractivity contribution in [2.75, 3.05) is 11.9 Å². The maximum Gasteiger partial charge on any atom is 1.00 e. The molecule has 1 amide bonds. The first kappa shape index (κ1) is 23.5. The number of rotatable bonds is 5. The van der Waals surface area contributed by atoms with Crippen LogP contribution in [0, 0.1) is 0 Å². The summed E-state index contributed by atoms with van der Waals surface area (Å²) in [6, 6.07) is 0. The molecule has 0 aliphatic heterocycles. The van der Waals surface area contributed by atoms with Gasteiger partial charge in [0, 0.05) is 6.20 Å². The molecule has 0 bridgehead atoms. The molecule has 14 heteroatoms.